The standard InChI is InChI=1S/C23H36O3/c1-15-13-17(25)14-16-5-6-18-19-8-11-23(26,9-4-12-24)21(19,2)10-7-20(18)22(15,16)3/h14-15,18-20,24,26H,4-13H2,1-3H3/t15-,18-,19-,20-,21-,22-,23-/m0/s1. The van der Waals surface area contributed by atoms with Crippen molar-refractivity contribution >= 4 is 5.78 Å². The lowest BCUT2D eigenvalue weighted by Gasteiger charge is -2.60. The predicted molar refractivity (Wildman–Crippen MR) is 103 cm³/mol. The second-order valence-corrected chi connectivity index (χ2v) is 10.3. The normalized spacial score (nSPS) is 50.7. The van der Waals surface area contributed by atoms with Crippen LogP contribution in [-0.4, -0.2) is 28.2 Å². The summed E-state index contributed by atoms with van der Waals surface area (Å²) >= 11 is 0. The number of aliphatic hydroxyl groups excluding tert-OH is 1. The van der Waals surface area contributed by atoms with Gasteiger partial charge >= 0.3 is 0 Å². The van der Waals surface area contributed by atoms with E-state index in [1.165, 1.54) is 18.4 Å². The average Bonchev–Trinajstić information content (AvgIpc) is 2.86. The molecule has 0 bridgehead atoms. The Morgan fingerprint density at radius 1 is 1.15 bits per heavy atom. The third kappa shape index (κ3) is 2.35. The number of hydrogen-bond donors (Lipinski definition) is 2. The van der Waals surface area contributed by atoms with Crippen LogP contribution in [0.3, 0.4) is 0 Å². The zero-order valence-corrected chi connectivity index (χ0v) is 16.8. The van der Waals surface area contributed by atoms with Gasteiger partial charge in [0, 0.05) is 13.0 Å². The van der Waals surface area contributed by atoms with Crippen LogP contribution >= 0.6 is 0 Å². The molecule has 0 aromatic carbocycles. The number of aliphatic hydroxyl groups is 2. The molecule has 0 saturated heterocycles. The number of ketones is 1. The van der Waals surface area contributed by atoms with Crippen molar-refractivity contribution < 1.29 is 15.0 Å². The number of hydrogen-bond acceptors (Lipinski definition) is 3. The van der Waals surface area contributed by atoms with Crippen LogP contribution < -0.4 is 0 Å². The van der Waals surface area contributed by atoms with Crippen molar-refractivity contribution in [3.05, 3.63) is 11.6 Å². The van der Waals surface area contributed by atoms with E-state index in [4.69, 9.17) is 0 Å². The van der Waals surface area contributed by atoms with Crippen LogP contribution in [-0.2, 0) is 4.79 Å². The molecule has 26 heavy (non-hydrogen) atoms. The van der Waals surface area contributed by atoms with E-state index in [0.717, 1.165) is 32.1 Å². The van der Waals surface area contributed by atoms with Crippen molar-refractivity contribution in [3.63, 3.8) is 0 Å². The molecular weight excluding hydrogens is 324 g/mol. The first kappa shape index (κ1) is 18.7. The Balaban J connectivity index is 1.65. The third-order valence-corrected chi connectivity index (χ3v) is 9.58. The Labute approximate surface area is 158 Å². The van der Waals surface area contributed by atoms with Crippen LogP contribution in [0.15, 0.2) is 11.6 Å². The van der Waals surface area contributed by atoms with Gasteiger partial charge in [-0.15, -0.1) is 0 Å². The van der Waals surface area contributed by atoms with Crippen molar-refractivity contribution in [2.45, 2.75) is 84.2 Å². The Kier molecular flexibility index (Phi) is 4.43. The minimum atomic E-state index is -0.601. The first-order valence-corrected chi connectivity index (χ1v) is 10.8. The van der Waals surface area contributed by atoms with E-state index < -0.39 is 5.60 Å². The summed E-state index contributed by atoms with van der Waals surface area (Å²) < 4.78 is 0. The fourth-order valence-electron chi connectivity index (χ4n) is 7.83. The Morgan fingerprint density at radius 3 is 2.62 bits per heavy atom. The summed E-state index contributed by atoms with van der Waals surface area (Å²) in [7, 11) is 0. The van der Waals surface area contributed by atoms with Crippen molar-refractivity contribution in [1.82, 2.24) is 0 Å². The highest BCUT2D eigenvalue weighted by Crippen LogP contribution is 2.68. The van der Waals surface area contributed by atoms with Crippen molar-refractivity contribution in [2.75, 3.05) is 6.61 Å². The molecule has 0 unspecified atom stereocenters. The molecule has 7 atom stereocenters. The maximum Gasteiger partial charge on any atom is 0.155 e. The molecule has 0 aromatic rings. The lowest BCUT2D eigenvalue weighted by molar-refractivity contribution is -0.139. The van der Waals surface area contributed by atoms with Gasteiger partial charge < -0.3 is 10.2 Å². The maximum absolute atomic E-state index is 12.1. The van der Waals surface area contributed by atoms with Gasteiger partial charge in [0.1, 0.15) is 0 Å². The smallest absolute Gasteiger partial charge is 0.155 e. The molecule has 0 amide bonds. The summed E-state index contributed by atoms with van der Waals surface area (Å²) in [4.78, 5) is 12.1. The molecule has 4 aliphatic carbocycles. The highest BCUT2D eigenvalue weighted by molar-refractivity contribution is 5.92. The summed E-state index contributed by atoms with van der Waals surface area (Å²) in [5.74, 6) is 2.68. The van der Waals surface area contributed by atoms with Gasteiger partial charge in [0.2, 0.25) is 0 Å². The quantitative estimate of drug-likeness (QED) is 0.790. The van der Waals surface area contributed by atoms with Crippen LogP contribution in [0.1, 0.15) is 78.6 Å². The number of carbonyl (C=O) groups is 1. The predicted octanol–water partition coefficient (Wildman–Crippen LogP) is 4.27. The highest BCUT2D eigenvalue weighted by atomic mass is 16.3. The van der Waals surface area contributed by atoms with Crippen LogP contribution in [0.25, 0.3) is 0 Å². The van der Waals surface area contributed by atoms with Gasteiger partial charge in [-0.3, -0.25) is 4.79 Å². The largest absolute Gasteiger partial charge is 0.396 e. The van der Waals surface area contributed by atoms with Gasteiger partial charge in [0.15, 0.2) is 5.78 Å². The molecular formula is C23H36O3. The summed E-state index contributed by atoms with van der Waals surface area (Å²) in [5, 5.41) is 20.8. The molecule has 4 aliphatic rings. The van der Waals surface area contributed by atoms with Gasteiger partial charge in [0.25, 0.3) is 0 Å². The molecule has 3 heteroatoms. The number of rotatable bonds is 3. The van der Waals surface area contributed by atoms with Gasteiger partial charge in [-0.25, -0.2) is 0 Å². The molecule has 0 aliphatic heterocycles. The second kappa shape index (κ2) is 6.17. The van der Waals surface area contributed by atoms with Crippen LogP contribution in [0, 0.1) is 34.5 Å². The molecule has 3 saturated carbocycles. The fraction of sp³-hybridized carbons (Fsp3) is 0.870. The van der Waals surface area contributed by atoms with E-state index in [1.54, 1.807) is 0 Å². The molecule has 4 rings (SSSR count). The monoisotopic (exact) mass is 360 g/mol. The number of allylic oxidation sites excluding steroid dienone is 1. The molecule has 0 radical (unpaired) electrons. The average molecular weight is 361 g/mol. The Hall–Kier alpha value is -0.670. The van der Waals surface area contributed by atoms with Crippen LogP contribution in [0.4, 0.5) is 0 Å². The van der Waals surface area contributed by atoms with E-state index in [1.807, 2.05) is 6.08 Å². The molecule has 146 valence electrons. The molecule has 3 fully saturated rings. The van der Waals surface area contributed by atoms with Gasteiger partial charge in [-0.2, -0.15) is 0 Å². The van der Waals surface area contributed by atoms with E-state index >= 15 is 0 Å². The number of carbonyl (C=O) groups excluding carboxylic acids is 1. The van der Waals surface area contributed by atoms with E-state index in [0.29, 0.717) is 42.3 Å². The lowest BCUT2D eigenvalue weighted by Crippen LogP contribution is -2.56. The topological polar surface area (TPSA) is 57.5 Å². The minimum absolute atomic E-state index is 0.00532. The Morgan fingerprint density at radius 2 is 1.88 bits per heavy atom. The lowest BCUT2D eigenvalue weighted by atomic mass is 9.44. The first-order chi connectivity index (χ1) is 12.3. The first-order valence-electron chi connectivity index (χ1n) is 10.8. The molecule has 2 N–H and O–H groups in total. The molecule has 0 spiro atoms. The van der Waals surface area contributed by atoms with Gasteiger partial charge in [-0.05, 0) is 91.9 Å². The molecule has 3 nitrogen and oxygen atoms in total. The number of fused-ring (bicyclic) bond motifs is 5. The SMILES string of the molecule is C[C@H]1CC(=O)C=C2CC[C@@H]3[C@H](CC[C@@]4(C)[C@H]3CC[C@@]4(O)CCCO)[C@]21C. The summed E-state index contributed by atoms with van der Waals surface area (Å²) in [6.45, 7) is 7.22. The summed E-state index contributed by atoms with van der Waals surface area (Å²) in [5.41, 5.74) is 0.981. The fourth-order valence-corrected chi connectivity index (χ4v) is 7.83. The molecule has 0 aromatic heterocycles. The van der Waals surface area contributed by atoms with E-state index in [2.05, 4.69) is 20.8 Å². The zero-order valence-electron chi connectivity index (χ0n) is 16.8. The minimum Gasteiger partial charge on any atom is -0.396 e. The van der Waals surface area contributed by atoms with Gasteiger partial charge in [-0.1, -0.05) is 26.3 Å². The molecule has 0 heterocycles. The van der Waals surface area contributed by atoms with Crippen molar-refractivity contribution in [1.29, 1.82) is 0 Å². The van der Waals surface area contributed by atoms with Crippen molar-refractivity contribution in [2.24, 2.45) is 34.5 Å². The van der Waals surface area contributed by atoms with Gasteiger partial charge in [0.05, 0.1) is 5.60 Å². The Bertz CT molecular complexity index is 625. The maximum atomic E-state index is 12.1. The van der Waals surface area contributed by atoms with E-state index in [-0.39, 0.29) is 17.4 Å². The second-order valence-electron chi connectivity index (χ2n) is 10.3. The van der Waals surface area contributed by atoms with Crippen LogP contribution in [0.2, 0.25) is 0 Å². The van der Waals surface area contributed by atoms with Crippen LogP contribution in [0.5, 0.6) is 0 Å². The summed E-state index contributed by atoms with van der Waals surface area (Å²) in [6, 6.07) is 0. The summed E-state index contributed by atoms with van der Waals surface area (Å²) in [6.07, 6.45) is 10.7. The third-order valence-electron chi connectivity index (χ3n) is 9.58. The zero-order chi connectivity index (χ0) is 18.7. The van der Waals surface area contributed by atoms with E-state index in [9.17, 15) is 15.0 Å². The van der Waals surface area contributed by atoms with Crippen molar-refractivity contribution in [3.8, 4) is 0 Å². The highest BCUT2D eigenvalue weighted by Gasteiger charge is 2.64.